The van der Waals surface area contributed by atoms with Crippen LogP contribution in [0.1, 0.15) is 31.7 Å². The van der Waals surface area contributed by atoms with Crippen LogP contribution in [-0.4, -0.2) is 38.4 Å². The summed E-state index contributed by atoms with van der Waals surface area (Å²) in [5, 5.41) is 3.46. The maximum Gasteiger partial charge on any atom is 0.252 e. The smallest absolute Gasteiger partial charge is 0.252 e. The fraction of sp³-hybridized carbons (Fsp3) is 0.692. The Labute approximate surface area is 130 Å². The summed E-state index contributed by atoms with van der Waals surface area (Å²) < 4.78 is 27.6. The largest absolute Gasteiger partial charge is 0.314 e. The lowest BCUT2D eigenvalue weighted by molar-refractivity contribution is 0.290. The molecule has 2 rings (SSSR count). The van der Waals surface area contributed by atoms with E-state index >= 15 is 0 Å². The first-order valence-corrected chi connectivity index (χ1v) is 9.58. The third-order valence-electron chi connectivity index (χ3n) is 3.57. The monoisotopic (exact) mass is 336 g/mol. The molecule has 0 bridgehead atoms. The van der Waals surface area contributed by atoms with E-state index in [1.807, 2.05) is 6.92 Å². The van der Waals surface area contributed by atoms with Gasteiger partial charge in [-0.05, 0) is 44.4 Å². The van der Waals surface area contributed by atoms with Crippen molar-refractivity contribution >= 4 is 33.0 Å². The Bertz CT molecular complexity index is 529. The Hall–Kier alpha value is -0.140. The van der Waals surface area contributed by atoms with Crippen molar-refractivity contribution in [2.45, 2.75) is 43.4 Å². The molecule has 0 saturated carbocycles. The van der Waals surface area contributed by atoms with Gasteiger partial charge in [0, 0.05) is 19.1 Å². The topological polar surface area (TPSA) is 49.4 Å². The van der Waals surface area contributed by atoms with E-state index in [0.717, 1.165) is 42.7 Å². The maximum atomic E-state index is 12.5. The van der Waals surface area contributed by atoms with Crippen molar-refractivity contribution < 1.29 is 8.42 Å². The molecule has 7 heteroatoms. The second-order valence-electron chi connectivity index (χ2n) is 5.15. The van der Waals surface area contributed by atoms with E-state index in [0.29, 0.717) is 27.7 Å². The maximum absolute atomic E-state index is 12.5. The molecule has 1 aliphatic rings. The standard InChI is InChI=1S/C13H21ClN2O2S2/c1-3-6-15-11-4-7-16(8-5-11)20(17,18)12-9-10(2)13(14)19-12/h9,11,15H,3-8H2,1-2H3. The predicted octanol–water partition coefficient (Wildman–Crippen LogP) is 2.86. The van der Waals surface area contributed by atoms with Crippen LogP contribution in [0.4, 0.5) is 0 Å². The van der Waals surface area contributed by atoms with Crippen LogP contribution in [0.3, 0.4) is 0 Å². The van der Waals surface area contributed by atoms with E-state index in [9.17, 15) is 8.42 Å². The molecule has 0 aliphatic carbocycles. The van der Waals surface area contributed by atoms with Gasteiger partial charge in [0.25, 0.3) is 10.0 Å². The van der Waals surface area contributed by atoms with E-state index in [1.165, 1.54) is 0 Å². The van der Waals surface area contributed by atoms with E-state index in [4.69, 9.17) is 11.6 Å². The van der Waals surface area contributed by atoms with Gasteiger partial charge in [0.2, 0.25) is 0 Å². The molecule has 1 aromatic rings. The van der Waals surface area contributed by atoms with E-state index in [-0.39, 0.29) is 0 Å². The van der Waals surface area contributed by atoms with Gasteiger partial charge in [0.1, 0.15) is 4.21 Å². The fourth-order valence-electron chi connectivity index (χ4n) is 2.33. The summed E-state index contributed by atoms with van der Waals surface area (Å²) in [7, 11) is -3.37. The summed E-state index contributed by atoms with van der Waals surface area (Å²) in [6.45, 7) is 6.13. The number of halogens is 1. The normalized spacial score (nSPS) is 18.6. The van der Waals surface area contributed by atoms with Gasteiger partial charge in [0.05, 0.1) is 4.34 Å². The molecule has 0 spiro atoms. The van der Waals surface area contributed by atoms with Crippen molar-refractivity contribution in [3.63, 3.8) is 0 Å². The van der Waals surface area contributed by atoms with Crippen LogP contribution in [0.25, 0.3) is 0 Å². The van der Waals surface area contributed by atoms with Gasteiger partial charge < -0.3 is 5.32 Å². The number of sulfonamides is 1. The SMILES string of the molecule is CCCNC1CCN(S(=O)(=O)c2cc(C)c(Cl)s2)CC1. The predicted molar refractivity (Wildman–Crippen MR) is 84.1 cm³/mol. The van der Waals surface area contributed by atoms with E-state index in [2.05, 4.69) is 12.2 Å². The van der Waals surface area contributed by atoms with Gasteiger partial charge in [-0.25, -0.2) is 8.42 Å². The van der Waals surface area contributed by atoms with Crippen LogP contribution in [-0.2, 0) is 10.0 Å². The minimum Gasteiger partial charge on any atom is -0.314 e. The lowest BCUT2D eigenvalue weighted by Crippen LogP contribution is -2.44. The van der Waals surface area contributed by atoms with Crippen LogP contribution in [0.2, 0.25) is 4.34 Å². The van der Waals surface area contributed by atoms with Crippen LogP contribution in [0.15, 0.2) is 10.3 Å². The van der Waals surface area contributed by atoms with E-state index < -0.39 is 10.0 Å². The van der Waals surface area contributed by atoms with Crippen LogP contribution < -0.4 is 5.32 Å². The number of nitrogens with zero attached hydrogens (tertiary/aromatic N) is 1. The molecule has 1 aromatic heterocycles. The Morgan fingerprint density at radius 2 is 2.10 bits per heavy atom. The Balaban J connectivity index is 2.02. The van der Waals surface area contributed by atoms with Crippen molar-refractivity contribution in [2.75, 3.05) is 19.6 Å². The lowest BCUT2D eigenvalue weighted by atomic mass is 10.1. The average molecular weight is 337 g/mol. The molecular weight excluding hydrogens is 316 g/mol. The number of aryl methyl sites for hydroxylation is 1. The molecule has 114 valence electrons. The minimum atomic E-state index is -3.37. The first-order valence-electron chi connectivity index (χ1n) is 6.94. The summed E-state index contributed by atoms with van der Waals surface area (Å²) in [6.07, 6.45) is 2.85. The van der Waals surface area contributed by atoms with Gasteiger partial charge in [-0.15, -0.1) is 11.3 Å². The molecule has 1 fully saturated rings. The molecule has 1 aliphatic heterocycles. The van der Waals surface area contributed by atoms with Crippen molar-refractivity contribution in [1.82, 2.24) is 9.62 Å². The molecule has 2 heterocycles. The van der Waals surface area contributed by atoms with Crippen molar-refractivity contribution in [3.05, 3.63) is 16.0 Å². The van der Waals surface area contributed by atoms with Crippen molar-refractivity contribution in [3.8, 4) is 0 Å². The Morgan fingerprint density at radius 3 is 2.60 bits per heavy atom. The van der Waals surface area contributed by atoms with Gasteiger partial charge in [-0.1, -0.05) is 18.5 Å². The third kappa shape index (κ3) is 3.54. The molecule has 0 amide bonds. The van der Waals surface area contributed by atoms with E-state index in [1.54, 1.807) is 10.4 Å². The quantitative estimate of drug-likeness (QED) is 0.899. The number of rotatable bonds is 5. The number of hydrogen-bond acceptors (Lipinski definition) is 4. The second-order valence-corrected chi connectivity index (χ2v) is 8.97. The minimum absolute atomic E-state index is 0.361. The van der Waals surface area contributed by atoms with Crippen LogP contribution >= 0.6 is 22.9 Å². The molecule has 0 atom stereocenters. The highest BCUT2D eigenvalue weighted by Crippen LogP contribution is 2.32. The summed E-state index contributed by atoms with van der Waals surface area (Å²) >= 11 is 7.13. The van der Waals surface area contributed by atoms with Gasteiger partial charge in [-0.2, -0.15) is 4.31 Å². The summed E-state index contributed by atoms with van der Waals surface area (Å²) in [5.74, 6) is 0. The lowest BCUT2D eigenvalue weighted by Gasteiger charge is -2.31. The Morgan fingerprint density at radius 1 is 1.45 bits per heavy atom. The van der Waals surface area contributed by atoms with Crippen molar-refractivity contribution in [2.24, 2.45) is 0 Å². The highest BCUT2D eigenvalue weighted by molar-refractivity contribution is 7.91. The molecule has 1 N–H and O–H groups in total. The highest BCUT2D eigenvalue weighted by atomic mass is 35.5. The number of piperidine rings is 1. The Kier molecular flexibility index (Phi) is 5.48. The van der Waals surface area contributed by atoms with Gasteiger partial charge in [0.15, 0.2) is 0 Å². The number of hydrogen-bond donors (Lipinski definition) is 1. The molecule has 4 nitrogen and oxygen atoms in total. The first-order chi connectivity index (χ1) is 9.45. The summed E-state index contributed by atoms with van der Waals surface area (Å²) in [5.41, 5.74) is 0.828. The molecule has 0 radical (unpaired) electrons. The zero-order chi connectivity index (χ0) is 14.8. The average Bonchev–Trinajstić information content (AvgIpc) is 2.77. The molecule has 1 saturated heterocycles. The molecule has 0 aromatic carbocycles. The number of nitrogens with one attached hydrogen (secondary N) is 1. The zero-order valence-electron chi connectivity index (χ0n) is 11.9. The van der Waals surface area contributed by atoms with Crippen molar-refractivity contribution in [1.29, 1.82) is 0 Å². The fourth-order valence-corrected chi connectivity index (χ4v) is 5.67. The zero-order valence-corrected chi connectivity index (χ0v) is 14.2. The summed E-state index contributed by atoms with van der Waals surface area (Å²) in [6, 6.07) is 2.11. The van der Waals surface area contributed by atoms with Gasteiger partial charge in [-0.3, -0.25) is 0 Å². The number of thiophene rings is 1. The first kappa shape index (κ1) is 16.2. The second kappa shape index (κ2) is 6.75. The van der Waals surface area contributed by atoms with Crippen LogP contribution in [0, 0.1) is 6.92 Å². The third-order valence-corrected chi connectivity index (χ3v) is 7.47. The molecule has 0 unspecified atom stereocenters. The molecule has 20 heavy (non-hydrogen) atoms. The summed E-state index contributed by atoms with van der Waals surface area (Å²) in [4.78, 5) is 0. The highest BCUT2D eigenvalue weighted by Gasteiger charge is 2.30. The van der Waals surface area contributed by atoms with Crippen LogP contribution in [0.5, 0.6) is 0 Å². The van der Waals surface area contributed by atoms with Gasteiger partial charge >= 0.3 is 0 Å². The molecular formula is C13H21ClN2O2S2.